The highest BCUT2D eigenvalue weighted by atomic mass is 16.6. The molecular weight excluding hydrogens is 398 g/mol. The third-order valence-electron chi connectivity index (χ3n) is 5.38. The van der Waals surface area contributed by atoms with Crippen molar-refractivity contribution in [2.75, 3.05) is 26.3 Å². The third kappa shape index (κ3) is 3.94. The van der Waals surface area contributed by atoms with Crippen LogP contribution in [-0.4, -0.2) is 47.5 Å². The Labute approximate surface area is 180 Å². The van der Waals surface area contributed by atoms with E-state index in [2.05, 4.69) is 37.0 Å². The number of benzene rings is 1. The lowest BCUT2D eigenvalue weighted by Gasteiger charge is -2.27. The van der Waals surface area contributed by atoms with Gasteiger partial charge in [-0.15, -0.1) is 5.10 Å². The average Bonchev–Trinajstić information content (AvgIpc) is 3.18. The van der Waals surface area contributed by atoms with Crippen molar-refractivity contribution in [3.8, 4) is 17.7 Å². The molecule has 9 heteroatoms. The lowest BCUT2D eigenvalue weighted by molar-refractivity contribution is 0.0416. The molecule has 4 rings (SSSR count). The summed E-state index contributed by atoms with van der Waals surface area (Å²) in [5.74, 6) is 0.390. The van der Waals surface area contributed by atoms with Crippen LogP contribution in [-0.2, 0) is 10.2 Å². The van der Waals surface area contributed by atoms with Crippen molar-refractivity contribution >= 4 is 6.09 Å². The normalized spacial score (nSPS) is 18.8. The maximum atomic E-state index is 12.3. The van der Waals surface area contributed by atoms with Gasteiger partial charge in [-0.25, -0.2) is 4.79 Å². The number of aromatic amines is 1. The van der Waals surface area contributed by atoms with Gasteiger partial charge in [-0.1, -0.05) is 32.9 Å². The van der Waals surface area contributed by atoms with Crippen LogP contribution in [0.3, 0.4) is 0 Å². The molecule has 1 aromatic carbocycles. The molecule has 1 atom stereocenters. The van der Waals surface area contributed by atoms with Crippen molar-refractivity contribution < 1.29 is 19.0 Å². The molecule has 2 aliphatic heterocycles. The van der Waals surface area contributed by atoms with Gasteiger partial charge in [-0.2, -0.15) is 5.26 Å². The highest BCUT2D eigenvalue weighted by Gasteiger charge is 2.38. The number of ether oxygens (including phenoxy) is 3. The van der Waals surface area contributed by atoms with E-state index in [1.807, 2.05) is 12.1 Å². The number of nitriles is 1. The Hall–Kier alpha value is -3.51. The van der Waals surface area contributed by atoms with E-state index in [-0.39, 0.29) is 11.3 Å². The first-order valence-electron chi connectivity index (χ1n) is 10.1. The number of nitrogens with zero attached hydrogens (tertiary/aromatic N) is 3. The Bertz CT molecular complexity index is 1050. The average molecular weight is 423 g/mol. The molecule has 162 valence electrons. The fourth-order valence-corrected chi connectivity index (χ4v) is 3.79. The van der Waals surface area contributed by atoms with Gasteiger partial charge in [0.1, 0.15) is 17.4 Å². The third-order valence-corrected chi connectivity index (χ3v) is 5.38. The molecule has 2 aromatic rings. The molecule has 2 aliphatic rings. The Morgan fingerprint density at radius 3 is 2.58 bits per heavy atom. The number of morpholine rings is 1. The summed E-state index contributed by atoms with van der Waals surface area (Å²) in [6, 6.07) is 9.26. The Morgan fingerprint density at radius 1 is 1.29 bits per heavy atom. The van der Waals surface area contributed by atoms with Crippen molar-refractivity contribution in [3.63, 3.8) is 0 Å². The largest absolute Gasteiger partial charge is 0.420 e. The van der Waals surface area contributed by atoms with Crippen LogP contribution in [0.4, 0.5) is 4.79 Å². The summed E-state index contributed by atoms with van der Waals surface area (Å²) in [4.78, 5) is 13.9. The molecule has 1 unspecified atom stereocenters. The van der Waals surface area contributed by atoms with Crippen LogP contribution in [0, 0.1) is 11.3 Å². The van der Waals surface area contributed by atoms with E-state index in [0.717, 1.165) is 16.8 Å². The maximum Gasteiger partial charge on any atom is 0.415 e. The lowest BCUT2D eigenvalue weighted by Crippen LogP contribution is -2.42. The number of fused-ring (bicyclic) bond motifs is 1. The molecule has 1 fully saturated rings. The van der Waals surface area contributed by atoms with Crippen LogP contribution in [0.25, 0.3) is 0 Å². The zero-order valence-corrected chi connectivity index (χ0v) is 17.8. The fraction of sp³-hybridized carbons (Fsp3) is 0.409. The molecule has 31 heavy (non-hydrogen) atoms. The number of nitrogens with one attached hydrogen (secondary N) is 1. The zero-order chi connectivity index (χ0) is 22.2. The summed E-state index contributed by atoms with van der Waals surface area (Å²) in [6.45, 7) is 8.19. The van der Waals surface area contributed by atoms with E-state index >= 15 is 0 Å². The maximum absolute atomic E-state index is 12.3. The zero-order valence-electron chi connectivity index (χ0n) is 17.8. The molecule has 0 spiro atoms. The highest BCUT2D eigenvalue weighted by Crippen LogP contribution is 2.45. The summed E-state index contributed by atoms with van der Waals surface area (Å²) in [5, 5.41) is 17.1. The molecule has 3 heterocycles. The number of hydrogen-bond donors (Lipinski definition) is 2. The monoisotopic (exact) mass is 423 g/mol. The molecule has 1 amide bonds. The minimum atomic E-state index is -0.439. The van der Waals surface area contributed by atoms with Crippen molar-refractivity contribution in [1.82, 2.24) is 15.1 Å². The minimum Gasteiger partial charge on any atom is -0.420 e. The van der Waals surface area contributed by atoms with Crippen LogP contribution in [0.15, 0.2) is 35.7 Å². The molecule has 0 radical (unpaired) electrons. The summed E-state index contributed by atoms with van der Waals surface area (Å²) >= 11 is 0. The van der Waals surface area contributed by atoms with E-state index < -0.39 is 12.0 Å². The number of aromatic nitrogens is 2. The van der Waals surface area contributed by atoms with Crippen LogP contribution in [0.5, 0.6) is 11.6 Å². The van der Waals surface area contributed by atoms with E-state index in [1.54, 1.807) is 17.0 Å². The van der Waals surface area contributed by atoms with Gasteiger partial charge >= 0.3 is 6.09 Å². The van der Waals surface area contributed by atoms with Crippen molar-refractivity contribution in [3.05, 3.63) is 52.5 Å². The van der Waals surface area contributed by atoms with Gasteiger partial charge in [-0.05, 0) is 17.7 Å². The number of amides is 1. The van der Waals surface area contributed by atoms with E-state index in [1.165, 1.54) is 0 Å². The van der Waals surface area contributed by atoms with Gasteiger partial charge in [0.2, 0.25) is 11.8 Å². The van der Waals surface area contributed by atoms with Crippen molar-refractivity contribution in [2.24, 2.45) is 5.73 Å². The van der Waals surface area contributed by atoms with Crippen LogP contribution in [0.2, 0.25) is 0 Å². The second-order valence-electron chi connectivity index (χ2n) is 8.53. The smallest absolute Gasteiger partial charge is 0.415 e. The van der Waals surface area contributed by atoms with E-state index in [4.69, 9.17) is 19.9 Å². The SMILES string of the molecule is CC(C)(C)c1[nH]nc2c1C(c1ccc(OC(=O)N3CCOCC3)cc1)C(C#N)=C(N)O2. The summed E-state index contributed by atoms with van der Waals surface area (Å²) in [5.41, 5.74) is 8.57. The number of allylic oxidation sites excluding steroid dienone is 1. The summed E-state index contributed by atoms with van der Waals surface area (Å²) in [6.07, 6.45) is -0.406. The van der Waals surface area contributed by atoms with Gasteiger partial charge in [-0.3, -0.25) is 5.10 Å². The number of H-pyrrole nitrogens is 1. The number of hydrogen-bond acceptors (Lipinski definition) is 7. The van der Waals surface area contributed by atoms with E-state index in [0.29, 0.717) is 43.5 Å². The van der Waals surface area contributed by atoms with Gasteiger partial charge in [0.05, 0.1) is 24.7 Å². The quantitative estimate of drug-likeness (QED) is 0.760. The predicted octanol–water partition coefficient (Wildman–Crippen LogP) is 2.76. The second-order valence-corrected chi connectivity index (χ2v) is 8.53. The first kappa shape index (κ1) is 20.8. The van der Waals surface area contributed by atoms with Gasteiger partial charge in [0, 0.05) is 24.2 Å². The molecule has 1 aromatic heterocycles. The topological polar surface area (TPSA) is 126 Å². The number of carbonyl (C=O) groups is 1. The number of carbonyl (C=O) groups excluding carboxylic acids is 1. The number of nitrogens with two attached hydrogens (primary N) is 1. The molecule has 0 bridgehead atoms. The molecule has 3 N–H and O–H groups in total. The Balaban J connectivity index is 1.65. The molecule has 9 nitrogen and oxygen atoms in total. The Kier molecular flexibility index (Phi) is 5.33. The standard InChI is InChI=1S/C22H25N5O4/c1-22(2,3)18-17-16(15(12-23)19(24)31-20(17)26-25-18)13-4-6-14(7-5-13)30-21(28)27-8-10-29-11-9-27/h4-7,16H,8-11,24H2,1-3H3,(H,25,26). The summed E-state index contributed by atoms with van der Waals surface area (Å²) in [7, 11) is 0. The predicted molar refractivity (Wildman–Crippen MR) is 111 cm³/mol. The van der Waals surface area contributed by atoms with Gasteiger partial charge < -0.3 is 24.8 Å². The molecule has 0 saturated carbocycles. The van der Waals surface area contributed by atoms with Crippen LogP contribution < -0.4 is 15.2 Å². The van der Waals surface area contributed by atoms with Gasteiger partial charge in [0.15, 0.2) is 0 Å². The lowest BCUT2D eigenvalue weighted by atomic mass is 9.79. The van der Waals surface area contributed by atoms with Gasteiger partial charge in [0.25, 0.3) is 0 Å². The second kappa shape index (κ2) is 7.96. The Morgan fingerprint density at radius 2 is 1.97 bits per heavy atom. The van der Waals surface area contributed by atoms with E-state index in [9.17, 15) is 10.1 Å². The molecule has 0 aliphatic carbocycles. The van der Waals surface area contributed by atoms with Crippen LogP contribution in [0.1, 0.15) is 43.5 Å². The number of rotatable bonds is 2. The van der Waals surface area contributed by atoms with Crippen molar-refractivity contribution in [2.45, 2.75) is 32.1 Å². The summed E-state index contributed by atoms with van der Waals surface area (Å²) < 4.78 is 16.4. The molecular formula is C22H25N5O4. The van der Waals surface area contributed by atoms with Crippen molar-refractivity contribution in [1.29, 1.82) is 5.26 Å². The first-order chi connectivity index (χ1) is 14.8. The minimum absolute atomic E-state index is 0.0368. The first-order valence-corrected chi connectivity index (χ1v) is 10.1. The molecule has 1 saturated heterocycles. The fourth-order valence-electron chi connectivity index (χ4n) is 3.79. The highest BCUT2D eigenvalue weighted by molar-refractivity contribution is 5.71. The van der Waals surface area contributed by atoms with Crippen LogP contribution >= 0.6 is 0 Å².